The van der Waals surface area contributed by atoms with Crippen molar-refractivity contribution in [3.8, 4) is 11.5 Å². The number of ether oxygens (including phenoxy) is 3. The van der Waals surface area contributed by atoms with Crippen LogP contribution < -0.4 is 25.1 Å². The molecular formula is C24H27N7O5. The van der Waals surface area contributed by atoms with Crippen LogP contribution in [0.3, 0.4) is 0 Å². The van der Waals surface area contributed by atoms with E-state index in [9.17, 15) is 4.79 Å². The third-order valence-corrected chi connectivity index (χ3v) is 4.96. The summed E-state index contributed by atoms with van der Waals surface area (Å²) < 4.78 is 16.5. The summed E-state index contributed by atoms with van der Waals surface area (Å²) >= 11 is 0. The van der Waals surface area contributed by atoms with Gasteiger partial charge >= 0.3 is 5.97 Å². The number of morpholine rings is 1. The second-order valence-corrected chi connectivity index (χ2v) is 7.53. The molecule has 1 fully saturated rings. The van der Waals surface area contributed by atoms with Gasteiger partial charge in [0.25, 0.3) is 0 Å². The van der Waals surface area contributed by atoms with E-state index in [1.54, 1.807) is 18.2 Å². The highest BCUT2D eigenvalue weighted by Gasteiger charge is 2.17. The van der Waals surface area contributed by atoms with Gasteiger partial charge in [-0.05, 0) is 31.2 Å². The zero-order valence-corrected chi connectivity index (χ0v) is 19.8. The first-order chi connectivity index (χ1) is 17.6. The molecule has 1 saturated heterocycles. The molecule has 0 saturated carbocycles. The van der Waals surface area contributed by atoms with Crippen LogP contribution in [0.25, 0.3) is 0 Å². The molecule has 0 unspecified atom stereocenters. The fourth-order valence-corrected chi connectivity index (χ4v) is 3.38. The van der Waals surface area contributed by atoms with Crippen molar-refractivity contribution >= 4 is 35.7 Å². The summed E-state index contributed by atoms with van der Waals surface area (Å²) in [4.78, 5) is 26.5. The van der Waals surface area contributed by atoms with Gasteiger partial charge < -0.3 is 29.5 Å². The number of nitrogens with one attached hydrogen (secondary N) is 2. The topological polar surface area (TPSA) is 143 Å². The summed E-state index contributed by atoms with van der Waals surface area (Å²) in [5.74, 6) is 0.694. The molecule has 12 heteroatoms. The molecule has 0 amide bonds. The Hall–Kier alpha value is -4.45. The molecule has 2 aromatic carbocycles. The highest BCUT2D eigenvalue weighted by Crippen LogP contribution is 2.30. The number of rotatable bonds is 11. The van der Waals surface area contributed by atoms with E-state index >= 15 is 0 Å². The van der Waals surface area contributed by atoms with Gasteiger partial charge in [-0.3, -0.25) is 0 Å². The number of carbonyl (C=O) groups is 1. The molecule has 3 N–H and O–H groups in total. The molecule has 0 radical (unpaired) electrons. The highest BCUT2D eigenvalue weighted by molar-refractivity contribution is 5.85. The number of hydrogen-bond acceptors (Lipinski definition) is 11. The van der Waals surface area contributed by atoms with E-state index in [0.29, 0.717) is 56.1 Å². The number of carboxylic acid groups (broad SMARTS) is 1. The maximum atomic E-state index is 11.0. The Kier molecular flexibility index (Phi) is 8.44. The van der Waals surface area contributed by atoms with Crippen molar-refractivity contribution in [1.29, 1.82) is 0 Å². The van der Waals surface area contributed by atoms with Gasteiger partial charge in [-0.2, -0.15) is 20.1 Å². The van der Waals surface area contributed by atoms with Crippen molar-refractivity contribution in [2.45, 2.75) is 6.92 Å². The Labute approximate surface area is 208 Å². The number of benzene rings is 2. The Morgan fingerprint density at radius 2 is 1.86 bits per heavy atom. The second kappa shape index (κ2) is 12.3. The molecule has 1 aliphatic rings. The van der Waals surface area contributed by atoms with Crippen molar-refractivity contribution in [1.82, 2.24) is 15.0 Å². The fourth-order valence-electron chi connectivity index (χ4n) is 3.38. The lowest BCUT2D eigenvalue weighted by molar-refractivity contribution is -0.139. The minimum atomic E-state index is -1.10. The summed E-state index contributed by atoms with van der Waals surface area (Å²) in [6.07, 6.45) is 1.49. The Morgan fingerprint density at radius 1 is 1.08 bits per heavy atom. The maximum absolute atomic E-state index is 11.0. The molecule has 0 aliphatic carbocycles. The van der Waals surface area contributed by atoms with Gasteiger partial charge in [0.15, 0.2) is 18.1 Å². The first-order valence-electron chi connectivity index (χ1n) is 11.4. The number of nitrogens with zero attached hydrogens (tertiary/aromatic N) is 5. The van der Waals surface area contributed by atoms with Crippen LogP contribution in [0, 0.1) is 0 Å². The van der Waals surface area contributed by atoms with Gasteiger partial charge in [0.2, 0.25) is 17.8 Å². The van der Waals surface area contributed by atoms with Crippen LogP contribution in [-0.4, -0.2) is 71.8 Å². The lowest BCUT2D eigenvalue weighted by atomic mass is 10.2. The Morgan fingerprint density at radius 3 is 2.61 bits per heavy atom. The zero-order valence-electron chi connectivity index (χ0n) is 19.8. The molecule has 0 atom stereocenters. The average molecular weight is 494 g/mol. The quantitative estimate of drug-likeness (QED) is 0.268. The van der Waals surface area contributed by atoms with Crippen LogP contribution in [0.1, 0.15) is 12.5 Å². The van der Waals surface area contributed by atoms with Crippen LogP contribution in [0.2, 0.25) is 0 Å². The SMILES string of the molecule is CCOc1cccc(/C=N/Nc2nc(Nc3ccccc3)nc(N3CCOCC3)n2)c1OCC(=O)O. The first kappa shape index (κ1) is 24.7. The van der Waals surface area contributed by atoms with Gasteiger partial charge in [-0.15, -0.1) is 0 Å². The van der Waals surface area contributed by atoms with Crippen LogP contribution in [-0.2, 0) is 9.53 Å². The minimum Gasteiger partial charge on any atom is -0.490 e. The van der Waals surface area contributed by atoms with E-state index in [2.05, 4.69) is 30.8 Å². The molecule has 36 heavy (non-hydrogen) atoms. The number of para-hydroxylation sites is 2. The molecule has 0 bridgehead atoms. The normalized spacial score (nSPS) is 13.4. The van der Waals surface area contributed by atoms with Crippen LogP contribution in [0.15, 0.2) is 53.6 Å². The summed E-state index contributed by atoms with van der Waals surface area (Å²) in [6, 6.07) is 14.8. The zero-order chi connectivity index (χ0) is 25.2. The fraction of sp³-hybridized carbons (Fsp3) is 0.292. The van der Waals surface area contributed by atoms with Gasteiger partial charge in [-0.1, -0.05) is 24.3 Å². The average Bonchev–Trinajstić information content (AvgIpc) is 2.89. The monoisotopic (exact) mass is 493 g/mol. The molecule has 4 rings (SSSR count). The van der Waals surface area contributed by atoms with Crippen molar-refractivity contribution in [2.75, 3.05) is 55.2 Å². The molecule has 0 spiro atoms. The summed E-state index contributed by atoms with van der Waals surface area (Å²) in [6.45, 7) is 4.21. The predicted molar refractivity (Wildman–Crippen MR) is 135 cm³/mol. The Bertz CT molecular complexity index is 1190. The summed E-state index contributed by atoms with van der Waals surface area (Å²) in [7, 11) is 0. The second-order valence-electron chi connectivity index (χ2n) is 7.53. The van der Waals surface area contributed by atoms with Gasteiger partial charge in [-0.25, -0.2) is 10.2 Å². The lowest BCUT2D eigenvalue weighted by Gasteiger charge is -2.27. The van der Waals surface area contributed by atoms with Crippen LogP contribution in [0.5, 0.6) is 11.5 Å². The third kappa shape index (κ3) is 6.79. The number of hydrogen-bond donors (Lipinski definition) is 3. The van der Waals surface area contributed by atoms with Crippen molar-refractivity contribution < 1.29 is 24.1 Å². The van der Waals surface area contributed by atoms with E-state index in [0.717, 1.165) is 5.69 Å². The third-order valence-electron chi connectivity index (χ3n) is 4.96. The van der Waals surface area contributed by atoms with Gasteiger partial charge in [0.05, 0.1) is 26.0 Å². The van der Waals surface area contributed by atoms with Crippen molar-refractivity contribution in [3.63, 3.8) is 0 Å². The minimum absolute atomic E-state index is 0.232. The summed E-state index contributed by atoms with van der Waals surface area (Å²) in [5.41, 5.74) is 4.20. The predicted octanol–water partition coefficient (Wildman–Crippen LogP) is 2.76. The highest BCUT2D eigenvalue weighted by atomic mass is 16.5. The molecule has 1 aromatic heterocycles. The van der Waals surface area contributed by atoms with Gasteiger partial charge in [0, 0.05) is 24.3 Å². The molecule has 1 aliphatic heterocycles. The van der Waals surface area contributed by atoms with Crippen LogP contribution in [0.4, 0.5) is 23.5 Å². The number of aromatic nitrogens is 3. The van der Waals surface area contributed by atoms with Crippen molar-refractivity contribution in [2.24, 2.45) is 5.10 Å². The van der Waals surface area contributed by atoms with E-state index < -0.39 is 12.6 Å². The van der Waals surface area contributed by atoms with Gasteiger partial charge in [0.1, 0.15) is 0 Å². The Balaban J connectivity index is 1.57. The maximum Gasteiger partial charge on any atom is 0.341 e. The smallest absolute Gasteiger partial charge is 0.341 e. The largest absolute Gasteiger partial charge is 0.490 e. The van der Waals surface area contributed by atoms with E-state index in [-0.39, 0.29) is 11.7 Å². The van der Waals surface area contributed by atoms with Crippen LogP contribution >= 0.6 is 0 Å². The number of hydrazone groups is 1. The summed E-state index contributed by atoms with van der Waals surface area (Å²) in [5, 5.41) is 16.5. The number of aliphatic carboxylic acids is 1. The number of carboxylic acids is 1. The van der Waals surface area contributed by atoms with E-state index in [1.165, 1.54) is 6.21 Å². The molecular weight excluding hydrogens is 466 g/mol. The van der Waals surface area contributed by atoms with E-state index in [1.807, 2.05) is 42.2 Å². The molecule has 188 valence electrons. The first-order valence-corrected chi connectivity index (χ1v) is 11.4. The molecule has 12 nitrogen and oxygen atoms in total. The number of anilines is 4. The lowest BCUT2D eigenvalue weighted by Crippen LogP contribution is -2.37. The molecule has 3 aromatic rings. The van der Waals surface area contributed by atoms with E-state index in [4.69, 9.17) is 19.3 Å². The molecule has 2 heterocycles. The van der Waals surface area contributed by atoms with Crippen molar-refractivity contribution in [3.05, 3.63) is 54.1 Å². The standard InChI is InChI=1S/C24H27N7O5/c1-2-35-19-10-6-7-17(21(19)36-16-20(32)33)15-25-30-23-27-22(26-18-8-4-3-5-9-18)28-24(29-23)31-11-13-34-14-12-31/h3-10,15H,2,11-14,16H2,1H3,(H,32,33)(H2,26,27,28,29,30)/b25-15+.